The largest absolute Gasteiger partial charge is 0.416 e. The van der Waals surface area contributed by atoms with Crippen LogP contribution in [0.1, 0.15) is 12.5 Å². The van der Waals surface area contributed by atoms with E-state index in [2.05, 4.69) is 6.58 Å². The lowest BCUT2D eigenvalue weighted by Crippen LogP contribution is -2.11. The van der Waals surface area contributed by atoms with E-state index in [0.717, 1.165) is 5.56 Å². The second-order valence-electron chi connectivity index (χ2n) is 3.21. The number of alkyl halides is 3. The van der Waals surface area contributed by atoms with Crippen LogP contribution in [0.3, 0.4) is 0 Å². The molecular formula is C12H11F3. The molecule has 1 rings (SSSR count). The number of hydrogen-bond donors (Lipinski definition) is 0. The molecule has 0 radical (unpaired) electrons. The van der Waals surface area contributed by atoms with Crippen molar-refractivity contribution in [2.75, 3.05) is 0 Å². The zero-order chi connectivity index (χ0) is 11.5. The highest BCUT2D eigenvalue weighted by molar-refractivity contribution is 5.57. The van der Waals surface area contributed by atoms with Crippen molar-refractivity contribution in [3.05, 3.63) is 53.6 Å². The van der Waals surface area contributed by atoms with E-state index in [9.17, 15) is 13.2 Å². The first-order valence-corrected chi connectivity index (χ1v) is 4.41. The highest BCUT2D eigenvalue weighted by Crippen LogP contribution is 2.30. The molecule has 0 saturated carbocycles. The van der Waals surface area contributed by atoms with Gasteiger partial charge in [-0.15, -0.1) is 0 Å². The van der Waals surface area contributed by atoms with E-state index in [1.165, 1.54) is 13.0 Å². The summed E-state index contributed by atoms with van der Waals surface area (Å²) in [6, 6.07) is 8.84. The lowest BCUT2D eigenvalue weighted by atomic mass is 10.1. The summed E-state index contributed by atoms with van der Waals surface area (Å²) in [7, 11) is 0. The van der Waals surface area contributed by atoms with Gasteiger partial charge >= 0.3 is 6.18 Å². The zero-order valence-electron chi connectivity index (χ0n) is 8.31. The molecule has 0 nitrogen and oxygen atoms in total. The lowest BCUT2D eigenvalue weighted by Gasteiger charge is -2.10. The summed E-state index contributed by atoms with van der Waals surface area (Å²) in [6.45, 7) is 4.43. The molecule has 0 N–H and O–H groups in total. The fourth-order valence-electron chi connectivity index (χ4n) is 1.11. The Morgan fingerprint density at radius 3 is 2.20 bits per heavy atom. The Bertz CT molecular complexity index is 372. The van der Waals surface area contributed by atoms with Gasteiger partial charge in [-0.25, -0.2) is 0 Å². The number of hydrogen-bond acceptors (Lipinski definition) is 0. The normalized spacial score (nSPS) is 12.7. The molecule has 0 spiro atoms. The Morgan fingerprint density at radius 2 is 1.73 bits per heavy atom. The summed E-state index contributed by atoms with van der Waals surface area (Å²) in [6.07, 6.45) is -2.88. The first-order chi connectivity index (χ1) is 6.91. The van der Waals surface area contributed by atoms with Gasteiger partial charge in [-0.05, 0) is 18.1 Å². The van der Waals surface area contributed by atoms with Crippen molar-refractivity contribution in [3.8, 4) is 0 Å². The average Bonchev–Trinajstić information content (AvgIpc) is 2.16. The molecule has 3 heteroatoms. The Morgan fingerprint density at radius 1 is 1.20 bits per heavy atom. The predicted octanol–water partition coefficient (Wildman–Crippen LogP) is 4.21. The Kier molecular flexibility index (Phi) is 3.35. The molecule has 0 aliphatic heterocycles. The lowest BCUT2D eigenvalue weighted by molar-refractivity contribution is -0.0888. The quantitative estimate of drug-likeness (QED) is 0.644. The topological polar surface area (TPSA) is 0 Å². The van der Waals surface area contributed by atoms with Crippen LogP contribution >= 0.6 is 0 Å². The molecule has 0 unspecified atom stereocenters. The van der Waals surface area contributed by atoms with Gasteiger partial charge in [0.25, 0.3) is 0 Å². The van der Waals surface area contributed by atoms with E-state index in [1.807, 2.05) is 6.07 Å². The van der Waals surface area contributed by atoms with Gasteiger partial charge in [-0.3, -0.25) is 0 Å². The van der Waals surface area contributed by atoms with E-state index >= 15 is 0 Å². The summed E-state index contributed by atoms with van der Waals surface area (Å²) in [4.78, 5) is 0. The minimum atomic E-state index is -4.35. The number of rotatable bonds is 2. The van der Waals surface area contributed by atoms with Gasteiger partial charge in [0.15, 0.2) is 0 Å². The van der Waals surface area contributed by atoms with E-state index in [4.69, 9.17) is 0 Å². The summed E-state index contributed by atoms with van der Waals surface area (Å²) in [5, 5.41) is 0. The standard InChI is InChI=1S/C12H11F3/c1-9(10(2)12(13,14)15)8-11-6-4-3-5-7-11/h3-8H,2H2,1H3. The van der Waals surface area contributed by atoms with E-state index < -0.39 is 11.7 Å². The summed E-state index contributed by atoms with van der Waals surface area (Å²) in [5.74, 6) is 0. The molecule has 1 aromatic carbocycles. The van der Waals surface area contributed by atoms with Crippen LogP contribution in [-0.4, -0.2) is 6.18 Å². The molecular weight excluding hydrogens is 201 g/mol. The monoisotopic (exact) mass is 212 g/mol. The molecule has 0 heterocycles. The maximum absolute atomic E-state index is 12.3. The van der Waals surface area contributed by atoms with Crippen molar-refractivity contribution >= 4 is 6.08 Å². The van der Waals surface area contributed by atoms with Crippen molar-refractivity contribution < 1.29 is 13.2 Å². The Hall–Kier alpha value is -1.51. The summed E-state index contributed by atoms with van der Waals surface area (Å²) in [5.41, 5.74) is 0.0699. The Labute approximate surface area is 86.7 Å². The maximum Gasteiger partial charge on any atom is 0.416 e. The second kappa shape index (κ2) is 4.34. The van der Waals surface area contributed by atoms with E-state index in [1.54, 1.807) is 24.3 Å². The van der Waals surface area contributed by atoms with Crippen molar-refractivity contribution in [2.24, 2.45) is 0 Å². The minimum absolute atomic E-state index is 0.133. The molecule has 1 aromatic rings. The van der Waals surface area contributed by atoms with Gasteiger partial charge in [0.2, 0.25) is 0 Å². The van der Waals surface area contributed by atoms with Gasteiger partial charge in [-0.2, -0.15) is 13.2 Å². The zero-order valence-corrected chi connectivity index (χ0v) is 8.31. The van der Waals surface area contributed by atoms with Crippen molar-refractivity contribution in [3.63, 3.8) is 0 Å². The van der Waals surface area contributed by atoms with Crippen LogP contribution in [-0.2, 0) is 0 Å². The molecule has 0 aliphatic carbocycles. The first kappa shape index (κ1) is 11.6. The molecule has 80 valence electrons. The SMILES string of the molecule is C=C(C(C)=Cc1ccccc1)C(F)(F)F. The molecule has 0 saturated heterocycles. The van der Waals surface area contributed by atoms with Crippen LogP contribution in [0.15, 0.2) is 48.1 Å². The average molecular weight is 212 g/mol. The molecule has 0 atom stereocenters. The number of allylic oxidation sites excluding steroid dienone is 2. The molecule has 0 bridgehead atoms. The molecule has 0 aromatic heterocycles. The molecule has 15 heavy (non-hydrogen) atoms. The molecule has 0 fully saturated rings. The van der Waals surface area contributed by atoms with Crippen LogP contribution in [0.2, 0.25) is 0 Å². The third-order valence-electron chi connectivity index (χ3n) is 2.00. The van der Waals surface area contributed by atoms with Crippen molar-refractivity contribution in [1.29, 1.82) is 0 Å². The van der Waals surface area contributed by atoms with Gasteiger partial charge in [0.1, 0.15) is 0 Å². The van der Waals surface area contributed by atoms with Crippen LogP contribution < -0.4 is 0 Å². The van der Waals surface area contributed by atoms with Crippen LogP contribution in [0.25, 0.3) is 6.08 Å². The smallest absolute Gasteiger partial charge is 0.166 e. The Balaban J connectivity index is 2.91. The van der Waals surface area contributed by atoms with Crippen LogP contribution in [0.5, 0.6) is 0 Å². The molecule has 0 amide bonds. The van der Waals surface area contributed by atoms with Gasteiger partial charge in [0, 0.05) is 0 Å². The second-order valence-corrected chi connectivity index (χ2v) is 3.21. The van der Waals surface area contributed by atoms with Gasteiger partial charge in [0.05, 0.1) is 5.57 Å². The van der Waals surface area contributed by atoms with E-state index in [0.29, 0.717) is 0 Å². The number of halogens is 3. The van der Waals surface area contributed by atoms with Crippen LogP contribution in [0.4, 0.5) is 13.2 Å². The fraction of sp³-hybridized carbons (Fsp3) is 0.167. The summed E-state index contributed by atoms with van der Waals surface area (Å²) < 4.78 is 36.8. The fourth-order valence-corrected chi connectivity index (χ4v) is 1.11. The van der Waals surface area contributed by atoms with E-state index in [-0.39, 0.29) is 5.57 Å². The highest BCUT2D eigenvalue weighted by Gasteiger charge is 2.32. The van der Waals surface area contributed by atoms with Crippen LogP contribution in [0, 0.1) is 0 Å². The summed E-state index contributed by atoms with van der Waals surface area (Å²) >= 11 is 0. The highest BCUT2D eigenvalue weighted by atomic mass is 19.4. The maximum atomic E-state index is 12.3. The van der Waals surface area contributed by atoms with Crippen molar-refractivity contribution in [1.82, 2.24) is 0 Å². The van der Waals surface area contributed by atoms with Crippen molar-refractivity contribution in [2.45, 2.75) is 13.1 Å². The third kappa shape index (κ3) is 3.27. The molecule has 0 aliphatic rings. The van der Waals surface area contributed by atoms with Gasteiger partial charge < -0.3 is 0 Å². The predicted molar refractivity (Wildman–Crippen MR) is 55.3 cm³/mol. The number of benzene rings is 1. The first-order valence-electron chi connectivity index (χ1n) is 4.41. The third-order valence-corrected chi connectivity index (χ3v) is 2.00. The van der Waals surface area contributed by atoms with Gasteiger partial charge in [-0.1, -0.05) is 43.0 Å². The minimum Gasteiger partial charge on any atom is -0.166 e.